The molecule has 1 atom stereocenters. The van der Waals surface area contributed by atoms with Crippen molar-refractivity contribution in [1.29, 1.82) is 0 Å². The summed E-state index contributed by atoms with van der Waals surface area (Å²) in [7, 11) is 0. The van der Waals surface area contributed by atoms with E-state index in [9.17, 15) is 13.2 Å². The summed E-state index contributed by atoms with van der Waals surface area (Å²) in [6, 6.07) is 1.41. The zero-order valence-corrected chi connectivity index (χ0v) is 9.61. The maximum absolute atomic E-state index is 12.1. The van der Waals surface area contributed by atoms with Gasteiger partial charge in [0.05, 0.1) is 0 Å². The van der Waals surface area contributed by atoms with Gasteiger partial charge in [-0.1, -0.05) is 0 Å². The zero-order chi connectivity index (χ0) is 10.2. The number of thiophene rings is 1. The zero-order valence-electron chi connectivity index (χ0n) is 6.45. The van der Waals surface area contributed by atoms with Crippen LogP contribution in [0.4, 0.5) is 13.2 Å². The molecule has 0 spiro atoms. The van der Waals surface area contributed by atoms with Gasteiger partial charge in [-0.3, -0.25) is 0 Å². The number of halogens is 5. The monoisotopic (exact) mass is 292 g/mol. The van der Waals surface area contributed by atoms with Crippen molar-refractivity contribution in [2.75, 3.05) is 0 Å². The van der Waals surface area contributed by atoms with Crippen molar-refractivity contribution in [3.63, 3.8) is 0 Å². The van der Waals surface area contributed by atoms with E-state index in [4.69, 9.17) is 11.6 Å². The summed E-state index contributed by atoms with van der Waals surface area (Å²) in [5.74, 6) is 0. The maximum Gasteiger partial charge on any atom is 0.409 e. The first-order chi connectivity index (χ1) is 5.82. The standard InChI is InChI=1S/C7H5BrClF3S/c1-3-4(8)2-5(13-3)6(9)7(10,11)12/h2,6H,1H3. The van der Waals surface area contributed by atoms with Crippen LogP contribution in [0.3, 0.4) is 0 Å². The van der Waals surface area contributed by atoms with Crippen molar-refractivity contribution in [2.45, 2.75) is 18.5 Å². The molecule has 0 aliphatic rings. The Balaban J connectivity index is 2.96. The Hall–Kier alpha value is 0.260. The molecule has 0 bridgehead atoms. The van der Waals surface area contributed by atoms with E-state index < -0.39 is 11.6 Å². The Kier molecular flexibility index (Phi) is 3.30. The number of alkyl halides is 4. The van der Waals surface area contributed by atoms with Gasteiger partial charge in [0.15, 0.2) is 5.38 Å². The molecule has 0 aliphatic heterocycles. The minimum atomic E-state index is -4.38. The minimum Gasteiger partial charge on any atom is -0.169 e. The lowest BCUT2D eigenvalue weighted by Crippen LogP contribution is -2.14. The first-order valence-corrected chi connectivity index (χ1v) is 5.33. The van der Waals surface area contributed by atoms with Crippen LogP contribution in [-0.4, -0.2) is 6.18 Å². The summed E-state index contributed by atoms with van der Waals surface area (Å²) in [6.45, 7) is 1.73. The Morgan fingerprint density at radius 1 is 1.54 bits per heavy atom. The molecule has 1 heterocycles. The van der Waals surface area contributed by atoms with Crippen LogP contribution < -0.4 is 0 Å². The predicted octanol–water partition coefficient (Wildman–Crippen LogP) is 4.66. The molecule has 74 valence electrons. The van der Waals surface area contributed by atoms with Gasteiger partial charge in [-0.2, -0.15) is 13.2 Å². The molecule has 13 heavy (non-hydrogen) atoms. The quantitative estimate of drug-likeness (QED) is 0.661. The van der Waals surface area contributed by atoms with Gasteiger partial charge in [0.2, 0.25) is 0 Å². The number of hydrogen-bond acceptors (Lipinski definition) is 1. The highest BCUT2D eigenvalue weighted by atomic mass is 79.9. The summed E-state index contributed by atoms with van der Waals surface area (Å²) in [5, 5.41) is -1.90. The second kappa shape index (κ2) is 3.79. The molecule has 1 unspecified atom stereocenters. The van der Waals surface area contributed by atoms with Crippen molar-refractivity contribution >= 4 is 38.9 Å². The number of aryl methyl sites for hydroxylation is 1. The van der Waals surface area contributed by atoms with E-state index in [1.807, 2.05) is 0 Å². The van der Waals surface area contributed by atoms with E-state index in [2.05, 4.69) is 15.9 Å². The smallest absolute Gasteiger partial charge is 0.169 e. The van der Waals surface area contributed by atoms with Crippen LogP contribution >= 0.6 is 38.9 Å². The van der Waals surface area contributed by atoms with Gasteiger partial charge >= 0.3 is 6.18 Å². The fraction of sp³-hybridized carbons (Fsp3) is 0.429. The summed E-state index contributed by atoms with van der Waals surface area (Å²) >= 11 is 9.42. The third kappa shape index (κ3) is 2.60. The van der Waals surface area contributed by atoms with Gasteiger partial charge in [-0.15, -0.1) is 22.9 Å². The third-order valence-corrected chi connectivity index (χ3v) is 4.23. The van der Waals surface area contributed by atoms with Gasteiger partial charge in [0.25, 0.3) is 0 Å². The molecule has 1 rings (SSSR count). The van der Waals surface area contributed by atoms with E-state index in [0.717, 1.165) is 16.2 Å². The van der Waals surface area contributed by atoms with Crippen LogP contribution in [-0.2, 0) is 0 Å². The summed E-state index contributed by atoms with van der Waals surface area (Å²) in [4.78, 5) is 0.920. The van der Waals surface area contributed by atoms with Gasteiger partial charge in [0, 0.05) is 14.2 Å². The van der Waals surface area contributed by atoms with E-state index in [-0.39, 0.29) is 4.88 Å². The third-order valence-electron chi connectivity index (χ3n) is 1.41. The maximum atomic E-state index is 12.1. The van der Waals surface area contributed by atoms with Gasteiger partial charge in [-0.25, -0.2) is 0 Å². The lowest BCUT2D eigenvalue weighted by molar-refractivity contribution is -0.131. The van der Waals surface area contributed by atoms with E-state index in [0.29, 0.717) is 4.47 Å². The van der Waals surface area contributed by atoms with E-state index in [1.165, 1.54) is 6.07 Å². The van der Waals surface area contributed by atoms with Gasteiger partial charge in [-0.05, 0) is 28.9 Å². The van der Waals surface area contributed by atoms with Gasteiger partial charge < -0.3 is 0 Å². The van der Waals surface area contributed by atoms with Crippen molar-refractivity contribution in [1.82, 2.24) is 0 Å². The highest BCUT2D eigenvalue weighted by Crippen LogP contribution is 2.42. The van der Waals surface area contributed by atoms with Crippen molar-refractivity contribution in [2.24, 2.45) is 0 Å². The Bertz CT molecular complexity index is 288. The highest BCUT2D eigenvalue weighted by Gasteiger charge is 2.40. The van der Waals surface area contributed by atoms with Crippen LogP contribution in [0.15, 0.2) is 10.5 Å². The first kappa shape index (κ1) is 11.3. The minimum absolute atomic E-state index is 0.124. The predicted molar refractivity (Wildman–Crippen MR) is 51.4 cm³/mol. The average molecular weight is 294 g/mol. The summed E-state index contributed by atoms with van der Waals surface area (Å²) < 4.78 is 37.1. The molecule has 0 saturated carbocycles. The molecular formula is C7H5BrClF3S. The van der Waals surface area contributed by atoms with Crippen molar-refractivity contribution in [3.8, 4) is 0 Å². The van der Waals surface area contributed by atoms with Gasteiger partial charge in [0.1, 0.15) is 0 Å². The molecule has 1 aromatic rings. The normalized spacial score (nSPS) is 14.6. The highest BCUT2D eigenvalue weighted by molar-refractivity contribution is 9.10. The van der Waals surface area contributed by atoms with Crippen molar-refractivity contribution < 1.29 is 13.2 Å². The number of rotatable bonds is 1. The molecule has 0 amide bonds. The Morgan fingerprint density at radius 2 is 2.08 bits per heavy atom. The molecule has 0 nitrogen and oxygen atoms in total. The molecule has 0 saturated heterocycles. The fourth-order valence-corrected chi connectivity index (χ4v) is 2.53. The molecule has 0 fully saturated rings. The van der Waals surface area contributed by atoms with Crippen LogP contribution in [0.5, 0.6) is 0 Å². The molecule has 0 aliphatic carbocycles. The topological polar surface area (TPSA) is 0 Å². The van der Waals surface area contributed by atoms with Crippen LogP contribution in [0.2, 0.25) is 0 Å². The molecule has 1 aromatic heterocycles. The Labute approximate surface area is 90.8 Å². The first-order valence-electron chi connectivity index (χ1n) is 3.29. The molecule has 0 N–H and O–H groups in total. The SMILES string of the molecule is Cc1sc(C(Cl)C(F)(F)F)cc1Br. The summed E-state index contributed by atoms with van der Waals surface area (Å²) in [5.41, 5.74) is 0. The second-order valence-electron chi connectivity index (χ2n) is 2.46. The second-order valence-corrected chi connectivity index (χ2v) is 5.04. The lowest BCUT2D eigenvalue weighted by Gasteiger charge is -2.10. The van der Waals surface area contributed by atoms with Crippen LogP contribution in [0, 0.1) is 6.92 Å². The van der Waals surface area contributed by atoms with E-state index >= 15 is 0 Å². The van der Waals surface area contributed by atoms with Crippen molar-refractivity contribution in [3.05, 3.63) is 20.3 Å². The Morgan fingerprint density at radius 3 is 2.38 bits per heavy atom. The number of hydrogen-bond donors (Lipinski definition) is 0. The molecule has 0 aromatic carbocycles. The lowest BCUT2D eigenvalue weighted by atomic mass is 10.3. The van der Waals surface area contributed by atoms with Crippen LogP contribution in [0.1, 0.15) is 15.1 Å². The summed E-state index contributed by atoms with van der Waals surface area (Å²) in [6.07, 6.45) is -4.38. The molecule has 6 heteroatoms. The van der Waals surface area contributed by atoms with E-state index in [1.54, 1.807) is 6.92 Å². The molecular weight excluding hydrogens is 288 g/mol. The fourth-order valence-electron chi connectivity index (χ4n) is 0.768. The average Bonchev–Trinajstić information content (AvgIpc) is 2.29. The van der Waals surface area contributed by atoms with Crippen LogP contribution in [0.25, 0.3) is 0 Å². The largest absolute Gasteiger partial charge is 0.409 e. The molecule has 0 radical (unpaired) electrons.